The van der Waals surface area contributed by atoms with Gasteiger partial charge in [-0.3, -0.25) is 4.79 Å². The standard InChI is InChI=1S/C21H25ClN2O2/c22-18-9-5-4-8-17(18)21(10-12-26-13-11-21)15-24-20(25)14-19(23)16-6-2-1-3-7-16/h1-9,19H,10-15,23H2,(H,24,25). The van der Waals surface area contributed by atoms with E-state index in [9.17, 15) is 4.79 Å². The van der Waals surface area contributed by atoms with Gasteiger partial charge < -0.3 is 15.8 Å². The maximum absolute atomic E-state index is 12.5. The molecule has 1 aliphatic heterocycles. The number of amides is 1. The van der Waals surface area contributed by atoms with Crippen molar-refractivity contribution in [3.8, 4) is 0 Å². The molecule has 0 aliphatic carbocycles. The van der Waals surface area contributed by atoms with E-state index < -0.39 is 0 Å². The molecule has 0 saturated carbocycles. The monoisotopic (exact) mass is 372 g/mol. The van der Waals surface area contributed by atoms with Crippen LogP contribution in [0, 0.1) is 0 Å². The van der Waals surface area contributed by atoms with Gasteiger partial charge in [-0.2, -0.15) is 0 Å². The summed E-state index contributed by atoms with van der Waals surface area (Å²) in [4.78, 5) is 12.5. The smallest absolute Gasteiger partial charge is 0.221 e. The van der Waals surface area contributed by atoms with Gasteiger partial charge in [-0.15, -0.1) is 0 Å². The number of halogens is 1. The fourth-order valence-electron chi connectivity index (χ4n) is 3.55. The zero-order valence-corrected chi connectivity index (χ0v) is 15.5. The zero-order chi connectivity index (χ0) is 18.4. The SMILES string of the molecule is NC(CC(=O)NCC1(c2ccccc2Cl)CCOCC1)c1ccccc1. The highest BCUT2D eigenvalue weighted by molar-refractivity contribution is 6.31. The average Bonchev–Trinajstić information content (AvgIpc) is 2.68. The Balaban J connectivity index is 1.67. The molecular formula is C21H25ClN2O2. The summed E-state index contributed by atoms with van der Waals surface area (Å²) in [5.74, 6) is -0.0423. The normalized spacial score (nSPS) is 17.5. The number of rotatable bonds is 6. The van der Waals surface area contributed by atoms with Crippen LogP contribution >= 0.6 is 11.6 Å². The number of carbonyl (C=O) groups is 1. The minimum absolute atomic E-state index is 0.0423. The molecule has 0 radical (unpaired) electrons. The second-order valence-corrected chi connectivity index (χ2v) is 7.28. The topological polar surface area (TPSA) is 64.4 Å². The Labute approximate surface area is 159 Å². The van der Waals surface area contributed by atoms with Gasteiger partial charge in [-0.25, -0.2) is 0 Å². The molecule has 4 nitrogen and oxygen atoms in total. The number of hydrogen-bond acceptors (Lipinski definition) is 3. The van der Waals surface area contributed by atoms with Crippen LogP contribution in [-0.2, 0) is 14.9 Å². The molecule has 1 heterocycles. The van der Waals surface area contributed by atoms with Crippen molar-refractivity contribution in [2.45, 2.75) is 30.7 Å². The van der Waals surface area contributed by atoms with Gasteiger partial charge in [0.1, 0.15) is 0 Å². The molecule has 0 aromatic heterocycles. The summed E-state index contributed by atoms with van der Waals surface area (Å²) in [6.07, 6.45) is 1.93. The van der Waals surface area contributed by atoms with Crippen LogP contribution in [0.1, 0.15) is 36.4 Å². The van der Waals surface area contributed by atoms with E-state index in [0.29, 0.717) is 19.8 Å². The first-order valence-electron chi connectivity index (χ1n) is 9.01. The Kier molecular flexibility index (Phi) is 6.30. The second-order valence-electron chi connectivity index (χ2n) is 6.87. The molecule has 1 unspecified atom stereocenters. The first-order valence-corrected chi connectivity index (χ1v) is 9.38. The number of benzene rings is 2. The molecule has 1 fully saturated rings. The number of nitrogens with one attached hydrogen (secondary N) is 1. The summed E-state index contributed by atoms with van der Waals surface area (Å²) < 4.78 is 5.54. The van der Waals surface area contributed by atoms with E-state index in [1.54, 1.807) is 0 Å². The summed E-state index contributed by atoms with van der Waals surface area (Å²) in [6, 6.07) is 17.3. The van der Waals surface area contributed by atoms with Crippen LogP contribution in [-0.4, -0.2) is 25.7 Å². The fraction of sp³-hybridized carbons (Fsp3) is 0.381. The summed E-state index contributed by atoms with van der Waals surface area (Å²) >= 11 is 6.45. The lowest BCUT2D eigenvalue weighted by atomic mass is 9.74. The minimum Gasteiger partial charge on any atom is -0.381 e. The third-order valence-electron chi connectivity index (χ3n) is 5.15. The van der Waals surface area contributed by atoms with E-state index in [0.717, 1.165) is 29.0 Å². The Morgan fingerprint density at radius 1 is 1.12 bits per heavy atom. The molecular weight excluding hydrogens is 348 g/mol. The van der Waals surface area contributed by atoms with Crippen molar-refractivity contribution in [3.05, 3.63) is 70.7 Å². The molecule has 138 valence electrons. The van der Waals surface area contributed by atoms with Crippen LogP contribution in [0.25, 0.3) is 0 Å². The molecule has 3 rings (SSSR count). The van der Waals surface area contributed by atoms with Crippen LogP contribution in [0.4, 0.5) is 0 Å². The van der Waals surface area contributed by atoms with Gasteiger partial charge in [0, 0.05) is 42.7 Å². The fourth-order valence-corrected chi connectivity index (χ4v) is 3.89. The third kappa shape index (κ3) is 4.44. The third-order valence-corrected chi connectivity index (χ3v) is 5.48. The number of ether oxygens (including phenoxy) is 1. The second kappa shape index (κ2) is 8.67. The summed E-state index contributed by atoms with van der Waals surface area (Å²) in [5, 5.41) is 3.83. The van der Waals surface area contributed by atoms with Gasteiger partial charge >= 0.3 is 0 Å². The van der Waals surface area contributed by atoms with Crippen molar-refractivity contribution in [1.82, 2.24) is 5.32 Å². The predicted molar refractivity (Wildman–Crippen MR) is 104 cm³/mol. The molecule has 26 heavy (non-hydrogen) atoms. The quantitative estimate of drug-likeness (QED) is 0.814. The highest BCUT2D eigenvalue weighted by Gasteiger charge is 2.36. The Morgan fingerprint density at radius 2 is 1.77 bits per heavy atom. The summed E-state index contributed by atoms with van der Waals surface area (Å²) in [6.45, 7) is 1.88. The Bertz CT molecular complexity index is 730. The van der Waals surface area contributed by atoms with E-state index in [1.807, 2.05) is 48.5 Å². The molecule has 1 amide bonds. The Morgan fingerprint density at radius 3 is 2.46 bits per heavy atom. The van der Waals surface area contributed by atoms with E-state index >= 15 is 0 Å². The molecule has 5 heteroatoms. The molecule has 0 spiro atoms. The molecule has 1 saturated heterocycles. The van der Waals surface area contributed by atoms with Crippen molar-refractivity contribution in [3.63, 3.8) is 0 Å². The minimum atomic E-state index is -0.304. The van der Waals surface area contributed by atoms with Gasteiger partial charge in [0.25, 0.3) is 0 Å². The molecule has 0 bridgehead atoms. The largest absolute Gasteiger partial charge is 0.381 e. The van der Waals surface area contributed by atoms with Crippen LogP contribution in [0.3, 0.4) is 0 Å². The molecule has 1 aliphatic rings. The molecule has 1 atom stereocenters. The number of hydrogen-bond donors (Lipinski definition) is 2. The van der Waals surface area contributed by atoms with Gasteiger partial charge in [0.05, 0.1) is 0 Å². The van der Waals surface area contributed by atoms with E-state index in [-0.39, 0.29) is 23.8 Å². The maximum Gasteiger partial charge on any atom is 0.221 e. The van der Waals surface area contributed by atoms with Crippen LogP contribution in [0.5, 0.6) is 0 Å². The van der Waals surface area contributed by atoms with Gasteiger partial charge in [0.2, 0.25) is 5.91 Å². The van der Waals surface area contributed by atoms with E-state index in [1.165, 1.54) is 0 Å². The van der Waals surface area contributed by atoms with Crippen molar-refractivity contribution in [2.75, 3.05) is 19.8 Å². The van der Waals surface area contributed by atoms with E-state index in [4.69, 9.17) is 22.1 Å². The van der Waals surface area contributed by atoms with Crippen molar-refractivity contribution in [1.29, 1.82) is 0 Å². The lowest BCUT2D eigenvalue weighted by Crippen LogP contribution is -2.45. The predicted octanol–water partition coefficient (Wildman–Crippen LogP) is 3.59. The van der Waals surface area contributed by atoms with Gasteiger partial charge in [0.15, 0.2) is 0 Å². The van der Waals surface area contributed by atoms with Crippen LogP contribution in [0.15, 0.2) is 54.6 Å². The maximum atomic E-state index is 12.5. The van der Waals surface area contributed by atoms with Gasteiger partial charge in [-0.05, 0) is 30.0 Å². The number of carbonyl (C=O) groups excluding carboxylic acids is 1. The molecule has 2 aromatic rings. The highest BCUT2D eigenvalue weighted by atomic mass is 35.5. The molecule has 3 N–H and O–H groups in total. The van der Waals surface area contributed by atoms with Crippen LogP contribution < -0.4 is 11.1 Å². The summed E-state index contributed by atoms with van der Waals surface area (Å²) in [7, 11) is 0. The van der Waals surface area contributed by atoms with Crippen LogP contribution in [0.2, 0.25) is 5.02 Å². The van der Waals surface area contributed by atoms with E-state index in [2.05, 4.69) is 11.4 Å². The first kappa shape index (κ1) is 18.9. The Hall–Kier alpha value is -1.88. The van der Waals surface area contributed by atoms with Crippen molar-refractivity contribution in [2.24, 2.45) is 5.73 Å². The zero-order valence-electron chi connectivity index (χ0n) is 14.8. The lowest BCUT2D eigenvalue weighted by Gasteiger charge is -2.38. The lowest BCUT2D eigenvalue weighted by molar-refractivity contribution is -0.122. The van der Waals surface area contributed by atoms with Gasteiger partial charge in [-0.1, -0.05) is 60.1 Å². The number of nitrogens with two attached hydrogens (primary N) is 1. The summed E-state index contributed by atoms with van der Waals surface area (Å²) in [5.41, 5.74) is 8.03. The first-order chi connectivity index (χ1) is 12.6. The molecule has 2 aromatic carbocycles. The highest BCUT2D eigenvalue weighted by Crippen LogP contribution is 2.38. The van der Waals surface area contributed by atoms with Crippen molar-refractivity contribution < 1.29 is 9.53 Å². The van der Waals surface area contributed by atoms with Crippen molar-refractivity contribution >= 4 is 17.5 Å². The average molecular weight is 373 g/mol.